The predicted octanol–water partition coefficient (Wildman–Crippen LogP) is 4.80. The molecular formula is C25H28N4O3. The lowest BCUT2D eigenvalue weighted by Gasteiger charge is -2.29. The molecule has 4 rings (SSSR count). The Morgan fingerprint density at radius 1 is 1.16 bits per heavy atom. The summed E-state index contributed by atoms with van der Waals surface area (Å²) in [5.74, 6) is 1.04. The van der Waals surface area contributed by atoms with E-state index >= 15 is 0 Å². The van der Waals surface area contributed by atoms with Crippen LogP contribution in [0.1, 0.15) is 49.4 Å². The van der Waals surface area contributed by atoms with Crippen molar-refractivity contribution >= 4 is 11.9 Å². The van der Waals surface area contributed by atoms with E-state index < -0.39 is 6.04 Å². The average Bonchev–Trinajstić information content (AvgIpc) is 3.26. The number of carbonyl (C=O) groups excluding carboxylic acids is 1. The Labute approximate surface area is 188 Å². The molecule has 1 atom stereocenters. The second kappa shape index (κ2) is 9.68. The number of aryl methyl sites for hydroxylation is 1. The fraction of sp³-hybridized carbons (Fsp3) is 0.320. The highest BCUT2D eigenvalue weighted by Gasteiger charge is 2.35. The molecule has 0 bridgehead atoms. The van der Waals surface area contributed by atoms with Crippen LogP contribution in [0.5, 0.6) is 5.75 Å². The van der Waals surface area contributed by atoms with Gasteiger partial charge in [-0.15, -0.1) is 0 Å². The summed E-state index contributed by atoms with van der Waals surface area (Å²) in [6, 6.07) is 15.6. The van der Waals surface area contributed by atoms with Gasteiger partial charge in [0, 0.05) is 5.70 Å². The zero-order valence-corrected chi connectivity index (χ0v) is 18.7. The Kier molecular flexibility index (Phi) is 6.54. The monoisotopic (exact) mass is 432 g/mol. The predicted molar refractivity (Wildman–Crippen MR) is 122 cm³/mol. The Morgan fingerprint density at radius 3 is 2.69 bits per heavy atom. The van der Waals surface area contributed by atoms with Crippen molar-refractivity contribution in [1.82, 2.24) is 14.8 Å². The summed E-state index contributed by atoms with van der Waals surface area (Å²) in [6.07, 6.45) is 3.10. The molecule has 3 aromatic rings. The number of nitrogens with one attached hydrogen (secondary N) is 1. The van der Waals surface area contributed by atoms with E-state index in [1.165, 1.54) is 11.9 Å². The van der Waals surface area contributed by atoms with Gasteiger partial charge in [-0.3, -0.25) is 0 Å². The lowest BCUT2D eigenvalue weighted by molar-refractivity contribution is -0.139. The van der Waals surface area contributed by atoms with Gasteiger partial charge in [0.05, 0.1) is 12.2 Å². The smallest absolute Gasteiger partial charge is 0.338 e. The Bertz CT molecular complexity index is 1120. The summed E-state index contributed by atoms with van der Waals surface area (Å²) < 4.78 is 13.1. The van der Waals surface area contributed by atoms with Crippen molar-refractivity contribution in [2.24, 2.45) is 0 Å². The third-order valence-corrected chi connectivity index (χ3v) is 5.36. The molecule has 1 N–H and O–H groups in total. The van der Waals surface area contributed by atoms with Crippen molar-refractivity contribution in [1.29, 1.82) is 0 Å². The molecule has 0 fully saturated rings. The van der Waals surface area contributed by atoms with Crippen molar-refractivity contribution in [3.8, 4) is 5.75 Å². The van der Waals surface area contributed by atoms with Crippen LogP contribution in [-0.2, 0) is 16.1 Å². The fourth-order valence-corrected chi connectivity index (χ4v) is 3.93. The van der Waals surface area contributed by atoms with Gasteiger partial charge >= 0.3 is 5.97 Å². The van der Waals surface area contributed by atoms with Crippen LogP contribution in [0.2, 0.25) is 0 Å². The van der Waals surface area contributed by atoms with Crippen LogP contribution in [0, 0.1) is 6.92 Å². The third kappa shape index (κ3) is 4.51. The van der Waals surface area contributed by atoms with Crippen LogP contribution >= 0.6 is 0 Å². The van der Waals surface area contributed by atoms with Gasteiger partial charge in [0.1, 0.15) is 24.7 Å². The molecule has 0 amide bonds. The lowest BCUT2D eigenvalue weighted by atomic mass is 9.94. The minimum absolute atomic E-state index is 0.310. The highest BCUT2D eigenvalue weighted by Crippen LogP contribution is 2.37. The van der Waals surface area contributed by atoms with Gasteiger partial charge in [0.25, 0.3) is 0 Å². The van der Waals surface area contributed by atoms with Crippen molar-refractivity contribution < 1.29 is 14.3 Å². The molecule has 7 heteroatoms. The van der Waals surface area contributed by atoms with Crippen LogP contribution in [0.15, 0.2) is 66.1 Å². The van der Waals surface area contributed by atoms with Crippen LogP contribution < -0.4 is 10.1 Å². The average molecular weight is 433 g/mol. The van der Waals surface area contributed by atoms with E-state index in [1.54, 1.807) is 4.68 Å². The maximum absolute atomic E-state index is 12.9. The number of allylic oxidation sites excluding steroid dienone is 1. The number of carbonyl (C=O) groups is 1. The number of fused-ring (bicyclic) bond motifs is 1. The van der Waals surface area contributed by atoms with E-state index in [0.717, 1.165) is 35.4 Å². The summed E-state index contributed by atoms with van der Waals surface area (Å²) >= 11 is 0. The van der Waals surface area contributed by atoms with Crippen LogP contribution in [0.3, 0.4) is 0 Å². The van der Waals surface area contributed by atoms with Gasteiger partial charge in [0.15, 0.2) is 0 Å². The first-order valence-electron chi connectivity index (χ1n) is 11.0. The number of benzene rings is 2. The Hall–Kier alpha value is -3.61. The maximum Gasteiger partial charge on any atom is 0.338 e. The first-order valence-corrected chi connectivity index (χ1v) is 11.0. The zero-order valence-electron chi connectivity index (χ0n) is 18.7. The van der Waals surface area contributed by atoms with Crippen molar-refractivity contribution in [2.75, 3.05) is 11.9 Å². The molecule has 0 saturated heterocycles. The molecule has 0 aliphatic carbocycles. The number of ether oxygens (including phenoxy) is 2. The quantitative estimate of drug-likeness (QED) is 0.515. The third-order valence-electron chi connectivity index (χ3n) is 5.36. The van der Waals surface area contributed by atoms with E-state index in [0.29, 0.717) is 24.7 Å². The Morgan fingerprint density at radius 2 is 1.97 bits per heavy atom. The summed E-state index contributed by atoms with van der Waals surface area (Å²) in [7, 11) is 0. The van der Waals surface area contributed by atoms with Gasteiger partial charge < -0.3 is 14.8 Å². The molecule has 32 heavy (non-hydrogen) atoms. The van der Waals surface area contributed by atoms with E-state index in [4.69, 9.17) is 9.47 Å². The van der Waals surface area contributed by atoms with Crippen LogP contribution in [0.4, 0.5) is 5.95 Å². The molecular weight excluding hydrogens is 404 g/mol. The van der Waals surface area contributed by atoms with Gasteiger partial charge in [-0.05, 0) is 43.5 Å². The summed E-state index contributed by atoms with van der Waals surface area (Å²) in [5.41, 5.74) is 4.64. The molecule has 2 heterocycles. The molecule has 1 aliphatic heterocycles. The maximum atomic E-state index is 12.9. The minimum atomic E-state index is -0.417. The molecule has 2 aromatic carbocycles. The van der Waals surface area contributed by atoms with Crippen molar-refractivity contribution in [3.63, 3.8) is 0 Å². The second-order valence-corrected chi connectivity index (χ2v) is 7.77. The first kappa shape index (κ1) is 21.6. The van der Waals surface area contributed by atoms with Crippen LogP contribution in [0.25, 0.3) is 0 Å². The molecule has 1 aliphatic rings. The summed E-state index contributed by atoms with van der Waals surface area (Å²) in [6.45, 7) is 6.76. The topological polar surface area (TPSA) is 78.3 Å². The number of hydrogen-bond donors (Lipinski definition) is 1. The van der Waals surface area contributed by atoms with E-state index in [1.807, 2.05) is 43.3 Å². The summed E-state index contributed by atoms with van der Waals surface area (Å²) in [4.78, 5) is 17.3. The molecule has 166 valence electrons. The first-order chi connectivity index (χ1) is 15.6. The van der Waals surface area contributed by atoms with E-state index in [9.17, 15) is 4.79 Å². The molecule has 0 radical (unpaired) electrons. The molecule has 1 aromatic heterocycles. The standard InChI is InChI=1S/C25H28N4O3/c1-4-7-21-22(24(30)31-5-2)23(29-25(28-21)26-16-27-29)19-10-12-20(13-11-19)32-15-18-9-6-8-17(3)14-18/h6,8-14,16,23H,4-5,7,15H2,1-3H3,(H,26,27,28)/t23-/m0/s1. The van der Waals surface area contributed by atoms with Crippen LogP contribution in [-0.4, -0.2) is 27.3 Å². The number of esters is 1. The minimum Gasteiger partial charge on any atom is -0.489 e. The fourth-order valence-electron chi connectivity index (χ4n) is 3.93. The number of nitrogens with zero attached hydrogens (tertiary/aromatic N) is 3. The Balaban J connectivity index is 1.63. The number of anilines is 1. The van der Waals surface area contributed by atoms with Crippen molar-refractivity contribution in [2.45, 2.75) is 46.3 Å². The molecule has 0 unspecified atom stereocenters. The SMILES string of the molecule is CCCC1=C(C(=O)OCC)[C@H](c2ccc(OCc3cccc(C)c3)cc2)n2ncnc2N1. The zero-order chi connectivity index (χ0) is 22.5. The van der Waals surface area contributed by atoms with Gasteiger partial charge in [-0.1, -0.05) is 55.3 Å². The second-order valence-electron chi connectivity index (χ2n) is 7.77. The lowest BCUT2D eigenvalue weighted by Crippen LogP contribution is -2.30. The number of hydrogen-bond acceptors (Lipinski definition) is 6. The highest BCUT2D eigenvalue weighted by molar-refractivity contribution is 5.92. The normalized spacial score (nSPS) is 15.2. The van der Waals surface area contributed by atoms with Crippen molar-refractivity contribution in [3.05, 3.63) is 82.8 Å². The largest absolute Gasteiger partial charge is 0.489 e. The van der Waals surface area contributed by atoms with Gasteiger partial charge in [-0.25, -0.2) is 9.48 Å². The highest BCUT2D eigenvalue weighted by atomic mass is 16.5. The van der Waals surface area contributed by atoms with E-state index in [-0.39, 0.29) is 5.97 Å². The van der Waals surface area contributed by atoms with Gasteiger partial charge in [0.2, 0.25) is 5.95 Å². The number of rotatable bonds is 8. The summed E-state index contributed by atoms with van der Waals surface area (Å²) in [5, 5.41) is 7.64. The molecule has 0 saturated carbocycles. The van der Waals surface area contributed by atoms with E-state index in [2.05, 4.69) is 41.4 Å². The van der Waals surface area contributed by atoms with Gasteiger partial charge in [-0.2, -0.15) is 10.1 Å². The number of aromatic nitrogens is 3. The molecule has 7 nitrogen and oxygen atoms in total. The molecule has 0 spiro atoms.